The van der Waals surface area contributed by atoms with Crippen LogP contribution in [0, 0.1) is 5.92 Å². The molecule has 2 aromatic rings. The Bertz CT molecular complexity index is 933. The Morgan fingerprint density at radius 1 is 1.00 bits per heavy atom. The highest BCUT2D eigenvalue weighted by Gasteiger charge is 2.26. The number of carbonyl (C=O) groups is 2. The van der Waals surface area contributed by atoms with Gasteiger partial charge in [0.25, 0.3) is 0 Å². The lowest BCUT2D eigenvalue weighted by Crippen LogP contribution is -2.50. The third-order valence-corrected chi connectivity index (χ3v) is 6.79. The van der Waals surface area contributed by atoms with Gasteiger partial charge >= 0.3 is 6.09 Å². The fraction of sp³-hybridized carbons (Fsp3) is 0.391. The van der Waals surface area contributed by atoms with Crippen molar-refractivity contribution < 1.29 is 22.7 Å². The Hall–Kier alpha value is -2.87. The monoisotopic (exact) mass is 446 g/mol. The largest absolute Gasteiger partial charge is 0.445 e. The van der Waals surface area contributed by atoms with Gasteiger partial charge in [-0.05, 0) is 30.0 Å². The predicted octanol–water partition coefficient (Wildman–Crippen LogP) is 3.31. The fourth-order valence-electron chi connectivity index (χ4n) is 2.92. The summed E-state index contributed by atoms with van der Waals surface area (Å²) in [7, 11) is -3.39. The molecule has 0 fully saturated rings. The van der Waals surface area contributed by atoms with Crippen molar-refractivity contribution in [3.8, 4) is 0 Å². The van der Waals surface area contributed by atoms with Crippen LogP contribution in [-0.4, -0.2) is 38.8 Å². The summed E-state index contributed by atoms with van der Waals surface area (Å²) in [6.07, 6.45) is 0.282. The molecule has 2 amide bonds. The van der Waals surface area contributed by atoms with Crippen LogP contribution in [0.15, 0.2) is 65.6 Å². The zero-order valence-corrected chi connectivity index (χ0v) is 18.7. The first-order valence-corrected chi connectivity index (χ1v) is 12.0. The zero-order chi connectivity index (χ0) is 22.7. The summed E-state index contributed by atoms with van der Waals surface area (Å²) in [5, 5.41) is 5.36. The molecule has 0 aliphatic rings. The standard InChI is InChI=1S/C23H30N2O5S/c1-3-18(2)21(25-23(27)30-17-19-11-6-4-7-12-19)22(26)24-15-10-16-31(28,29)20-13-8-5-9-14-20/h4-9,11-14,18,21H,3,10,15-17H2,1-2H3,(H,24,26)(H,25,27)/t18-,21-/m0/s1. The molecule has 0 unspecified atom stereocenters. The van der Waals surface area contributed by atoms with Crippen LogP contribution < -0.4 is 10.6 Å². The van der Waals surface area contributed by atoms with Gasteiger partial charge in [-0.2, -0.15) is 0 Å². The van der Waals surface area contributed by atoms with Gasteiger partial charge in [-0.3, -0.25) is 4.79 Å². The average Bonchev–Trinajstić information content (AvgIpc) is 2.79. The molecule has 7 nitrogen and oxygen atoms in total. The molecule has 168 valence electrons. The predicted molar refractivity (Wildman–Crippen MR) is 119 cm³/mol. The van der Waals surface area contributed by atoms with Crippen LogP contribution >= 0.6 is 0 Å². The second-order valence-electron chi connectivity index (χ2n) is 7.35. The maximum absolute atomic E-state index is 12.6. The molecule has 2 rings (SSSR count). The maximum Gasteiger partial charge on any atom is 0.408 e. The zero-order valence-electron chi connectivity index (χ0n) is 17.9. The van der Waals surface area contributed by atoms with E-state index in [9.17, 15) is 18.0 Å². The van der Waals surface area contributed by atoms with Crippen LogP contribution in [0.4, 0.5) is 4.79 Å². The highest BCUT2D eigenvalue weighted by Crippen LogP contribution is 2.12. The molecular weight excluding hydrogens is 416 g/mol. The molecule has 0 spiro atoms. The molecule has 0 aliphatic heterocycles. The molecule has 8 heteroatoms. The Kier molecular flexibility index (Phi) is 9.52. The van der Waals surface area contributed by atoms with Gasteiger partial charge in [-0.1, -0.05) is 68.8 Å². The van der Waals surface area contributed by atoms with Crippen molar-refractivity contribution >= 4 is 21.8 Å². The smallest absolute Gasteiger partial charge is 0.408 e. The van der Waals surface area contributed by atoms with E-state index in [4.69, 9.17) is 4.74 Å². The first-order valence-electron chi connectivity index (χ1n) is 10.4. The van der Waals surface area contributed by atoms with Crippen molar-refractivity contribution in [2.24, 2.45) is 5.92 Å². The Balaban J connectivity index is 1.83. The molecule has 2 atom stereocenters. The van der Waals surface area contributed by atoms with E-state index in [1.807, 2.05) is 44.2 Å². The van der Waals surface area contributed by atoms with Crippen molar-refractivity contribution in [2.45, 2.75) is 44.2 Å². The SMILES string of the molecule is CC[C@H](C)[C@H](NC(=O)OCc1ccccc1)C(=O)NCCCS(=O)(=O)c1ccccc1. The number of rotatable bonds is 11. The van der Waals surface area contributed by atoms with E-state index in [0.717, 1.165) is 5.56 Å². The highest BCUT2D eigenvalue weighted by atomic mass is 32.2. The molecule has 0 bridgehead atoms. The van der Waals surface area contributed by atoms with E-state index < -0.39 is 22.0 Å². The molecule has 2 N–H and O–H groups in total. The van der Waals surface area contributed by atoms with Crippen molar-refractivity contribution in [3.05, 3.63) is 66.2 Å². The molecule has 0 saturated heterocycles. The van der Waals surface area contributed by atoms with Crippen LogP contribution in [-0.2, 0) is 26.0 Å². The first kappa shape index (κ1) is 24.4. The van der Waals surface area contributed by atoms with Gasteiger partial charge in [0, 0.05) is 6.54 Å². The van der Waals surface area contributed by atoms with E-state index in [1.54, 1.807) is 30.3 Å². The molecule has 0 aliphatic carbocycles. The van der Waals surface area contributed by atoms with E-state index in [-0.39, 0.29) is 42.0 Å². The number of hydrogen-bond acceptors (Lipinski definition) is 5. The number of nitrogens with one attached hydrogen (secondary N) is 2. The van der Waals surface area contributed by atoms with Crippen molar-refractivity contribution in [1.82, 2.24) is 10.6 Å². The van der Waals surface area contributed by atoms with Gasteiger partial charge in [-0.25, -0.2) is 13.2 Å². The third-order valence-electron chi connectivity index (χ3n) is 4.97. The van der Waals surface area contributed by atoms with Crippen LogP contribution in [0.5, 0.6) is 0 Å². The van der Waals surface area contributed by atoms with Crippen molar-refractivity contribution in [2.75, 3.05) is 12.3 Å². The second-order valence-corrected chi connectivity index (χ2v) is 9.45. The number of sulfone groups is 1. The van der Waals surface area contributed by atoms with Crippen molar-refractivity contribution in [1.29, 1.82) is 0 Å². The minimum absolute atomic E-state index is 0.0716. The summed E-state index contributed by atoms with van der Waals surface area (Å²) >= 11 is 0. The van der Waals surface area contributed by atoms with E-state index in [2.05, 4.69) is 10.6 Å². The van der Waals surface area contributed by atoms with E-state index >= 15 is 0 Å². The molecule has 0 radical (unpaired) electrons. The van der Waals surface area contributed by atoms with Crippen molar-refractivity contribution in [3.63, 3.8) is 0 Å². The van der Waals surface area contributed by atoms with Gasteiger partial charge in [0.05, 0.1) is 10.6 Å². The van der Waals surface area contributed by atoms with Crippen LogP contribution in [0.3, 0.4) is 0 Å². The molecular formula is C23H30N2O5S. The minimum atomic E-state index is -3.39. The summed E-state index contributed by atoms with van der Waals surface area (Å²) in [5.41, 5.74) is 0.849. The van der Waals surface area contributed by atoms with Gasteiger partial charge in [0.15, 0.2) is 9.84 Å². The van der Waals surface area contributed by atoms with Gasteiger partial charge in [0.2, 0.25) is 5.91 Å². The number of alkyl carbamates (subject to hydrolysis) is 1. The minimum Gasteiger partial charge on any atom is -0.445 e. The summed E-state index contributed by atoms with van der Waals surface area (Å²) in [4.78, 5) is 25.1. The number of ether oxygens (including phenoxy) is 1. The second kappa shape index (κ2) is 12.1. The fourth-order valence-corrected chi connectivity index (χ4v) is 4.25. The Morgan fingerprint density at radius 3 is 2.23 bits per heavy atom. The van der Waals surface area contributed by atoms with Gasteiger partial charge in [0.1, 0.15) is 12.6 Å². The Labute approximate surface area is 184 Å². The topological polar surface area (TPSA) is 102 Å². The summed E-state index contributed by atoms with van der Waals surface area (Å²) < 4.78 is 29.8. The first-order chi connectivity index (χ1) is 14.8. The number of benzene rings is 2. The molecule has 2 aromatic carbocycles. The lowest BCUT2D eigenvalue weighted by Gasteiger charge is -2.23. The lowest BCUT2D eigenvalue weighted by molar-refractivity contribution is -0.124. The van der Waals surface area contributed by atoms with E-state index in [1.165, 1.54) is 0 Å². The lowest BCUT2D eigenvalue weighted by atomic mass is 9.98. The molecule has 0 saturated carbocycles. The molecule has 0 aromatic heterocycles. The summed E-state index contributed by atoms with van der Waals surface area (Å²) in [5.74, 6) is -0.543. The normalized spacial score (nSPS) is 13.1. The quantitative estimate of drug-likeness (QED) is 0.516. The molecule has 31 heavy (non-hydrogen) atoms. The van der Waals surface area contributed by atoms with Crippen LogP contribution in [0.2, 0.25) is 0 Å². The average molecular weight is 447 g/mol. The summed E-state index contributed by atoms with van der Waals surface area (Å²) in [6, 6.07) is 16.7. The highest BCUT2D eigenvalue weighted by molar-refractivity contribution is 7.91. The van der Waals surface area contributed by atoms with E-state index in [0.29, 0.717) is 6.42 Å². The number of hydrogen-bond donors (Lipinski definition) is 2. The Morgan fingerprint density at radius 2 is 1.61 bits per heavy atom. The van der Waals surface area contributed by atoms with Gasteiger partial charge < -0.3 is 15.4 Å². The van der Waals surface area contributed by atoms with Gasteiger partial charge in [-0.15, -0.1) is 0 Å². The third kappa shape index (κ3) is 8.05. The number of amides is 2. The maximum atomic E-state index is 12.6. The van der Waals surface area contributed by atoms with Crippen LogP contribution in [0.25, 0.3) is 0 Å². The molecule has 0 heterocycles. The summed E-state index contributed by atoms with van der Waals surface area (Å²) in [6.45, 7) is 4.09. The van der Waals surface area contributed by atoms with Crippen LogP contribution in [0.1, 0.15) is 32.3 Å². The number of carbonyl (C=O) groups excluding carboxylic acids is 2.